The Morgan fingerprint density at radius 3 is 2.33 bits per heavy atom. The van der Waals surface area contributed by atoms with Crippen LogP contribution in [0.2, 0.25) is 0 Å². The summed E-state index contributed by atoms with van der Waals surface area (Å²) in [5.74, 6) is -0.415. The van der Waals surface area contributed by atoms with E-state index in [9.17, 15) is 14.4 Å². The molecule has 0 unspecified atom stereocenters. The Morgan fingerprint density at radius 2 is 1.67 bits per heavy atom. The van der Waals surface area contributed by atoms with Gasteiger partial charge in [0.1, 0.15) is 0 Å². The van der Waals surface area contributed by atoms with E-state index in [2.05, 4.69) is 10.6 Å². The fraction of sp³-hybridized carbons (Fsp3) is 0.276. The highest BCUT2D eigenvalue weighted by Crippen LogP contribution is 2.35. The molecule has 2 N–H and O–H groups in total. The van der Waals surface area contributed by atoms with Crippen LogP contribution >= 0.6 is 0 Å². The van der Waals surface area contributed by atoms with Crippen LogP contribution in [0.1, 0.15) is 51.6 Å². The van der Waals surface area contributed by atoms with Crippen LogP contribution < -0.4 is 10.6 Å². The molecule has 2 atom stereocenters. The lowest BCUT2D eigenvalue weighted by Gasteiger charge is -2.24. The highest BCUT2D eigenvalue weighted by atomic mass is 16.6. The maximum Gasteiger partial charge on any atom is 0.411 e. The summed E-state index contributed by atoms with van der Waals surface area (Å²) in [5, 5.41) is 5.92. The van der Waals surface area contributed by atoms with Crippen LogP contribution in [-0.4, -0.2) is 34.9 Å². The average molecular weight is 484 g/mol. The molecule has 7 nitrogen and oxygen atoms in total. The molecule has 3 amide bonds. The van der Waals surface area contributed by atoms with E-state index >= 15 is 0 Å². The van der Waals surface area contributed by atoms with Gasteiger partial charge in [-0.15, -0.1) is 0 Å². The topological polar surface area (TPSA) is 87.7 Å². The first-order valence-corrected chi connectivity index (χ1v) is 12.2. The van der Waals surface area contributed by atoms with Gasteiger partial charge in [0, 0.05) is 17.3 Å². The predicted octanol–water partition coefficient (Wildman–Crippen LogP) is 4.90. The molecule has 0 bridgehead atoms. The summed E-state index contributed by atoms with van der Waals surface area (Å²) in [4.78, 5) is 40.2. The van der Waals surface area contributed by atoms with E-state index in [4.69, 9.17) is 4.74 Å². The van der Waals surface area contributed by atoms with Crippen molar-refractivity contribution in [3.8, 4) is 0 Å². The number of hydrogen-bond donors (Lipinski definition) is 2. The minimum Gasteiger partial charge on any atom is -0.438 e. The highest BCUT2D eigenvalue weighted by molar-refractivity contribution is 6.04. The molecule has 1 saturated carbocycles. The third kappa shape index (κ3) is 5.25. The van der Waals surface area contributed by atoms with Gasteiger partial charge in [-0.25, -0.2) is 4.79 Å². The smallest absolute Gasteiger partial charge is 0.411 e. The van der Waals surface area contributed by atoms with Gasteiger partial charge < -0.3 is 15.4 Å². The summed E-state index contributed by atoms with van der Waals surface area (Å²) < 4.78 is 5.73. The zero-order valence-electron chi connectivity index (χ0n) is 20.4. The number of benzene rings is 3. The van der Waals surface area contributed by atoms with Gasteiger partial charge in [-0.3, -0.25) is 14.5 Å². The number of carbonyl (C=O) groups is 3. The van der Waals surface area contributed by atoms with Crippen LogP contribution in [0.3, 0.4) is 0 Å². The molecular formula is C29H29N3O4. The molecule has 3 aromatic carbocycles. The van der Waals surface area contributed by atoms with Crippen molar-refractivity contribution in [1.29, 1.82) is 0 Å². The molecule has 2 aliphatic rings. The fourth-order valence-electron chi connectivity index (χ4n) is 4.36. The molecule has 0 spiro atoms. The molecule has 7 heteroatoms. The van der Waals surface area contributed by atoms with Gasteiger partial charge in [0.05, 0.1) is 6.54 Å². The molecule has 1 aliphatic heterocycles. The van der Waals surface area contributed by atoms with Crippen molar-refractivity contribution in [2.24, 2.45) is 0 Å². The van der Waals surface area contributed by atoms with Crippen LogP contribution in [0, 0.1) is 13.8 Å². The SMILES string of the molecule is Cc1ccc(CN2C(=O)O[C@H](c3ccc(NC(=O)c4cccc(C)c4)cc3)[C@H]2C(=O)NC2CC2)cc1. The molecule has 1 heterocycles. The molecule has 2 fully saturated rings. The Bertz CT molecular complexity index is 1280. The molecule has 0 radical (unpaired) electrons. The van der Waals surface area contributed by atoms with Crippen molar-refractivity contribution in [3.63, 3.8) is 0 Å². The largest absolute Gasteiger partial charge is 0.438 e. The van der Waals surface area contributed by atoms with Crippen LogP contribution in [-0.2, 0) is 16.1 Å². The minimum atomic E-state index is -0.785. The Balaban J connectivity index is 1.35. The van der Waals surface area contributed by atoms with Crippen LogP contribution in [0.4, 0.5) is 10.5 Å². The van der Waals surface area contributed by atoms with Crippen molar-refractivity contribution < 1.29 is 19.1 Å². The number of hydrogen-bond acceptors (Lipinski definition) is 4. The molecule has 3 aromatic rings. The monoisotopic (exact) mass is 483 g/mol. The third-order valence-corrected chi connectivity index (χ3v) is 6.53. The third-order valence-electron chi connectivity index (χ3n) is 6.53. The number of amides is 3. The van der Waals surface area contributed by atoms with Gasteiger partial charge >= 0.3 is 6.09 Å². The summed E-state index contributed by atoms with van der Waals surface area (Å²) in [6.45, 7) is 4.22. The number of carbonyl (C=O) groups excluding carboxylic acids is 3. The number of rotatable bonds is 7. The number of cyclic esters (lactones) is 1. The molecule has 0 aromatic heterocycles. The van der Waals surface area contributed by atoms with Gasteiger partial charge in [0.15, 0.2) is 12.1 Å². The van der Waals surface area contributed by atoms with E-state index in [1.807, 2.05) is 56.3 Å². The maximum atomic E-state index is 13.2. The lowest BCUT2D eigenvalue weighted by atomic mass is 10.00. The summed E-state index contributed by atoms with van der Waals surface area (Å²) >= 11 is 0. The van der Waals surface area contributed by atoms with E-state index in [0.717, 1.165) is 29.5 Å². The van der Waals surface area contributed by atoms with E-state index in [1.165, 1.54) is 4.90 Å². The highest BCUT2D eigenvalue weighted by Gasteiger charge is 2.47. The first-order valence-electron chi connectivity index (χ1n) is 12.2. The van der Waals surface area contributed by atoms with E-state index in [-0.39, 0.29) is 24.4 Å². The van der Waals surface area contributed by atoms with Crippen molar-refractivity contribution in [3.05, 3.63) is 101 Å². The normalized spacial score (nSPS) is 19.1. The summed E-state index contributed by atoms with van der Waals surface area (Å²) in [6.07, 6.45) is 0.632. The van der Waals surface area contributed by atoms with Gasteiger partial charge in [-0.2, -0.15) is 0 Å². The Labute approximate surface area is 210 Å². The average Bonchev–Trinajstić information content (AvgIpc) is 3.62. The maximum absolute atomic E-state index is 13.2. The Hall–Kier alpha value is -4.13. The molecular weight excluding hydrogens is 454 g/mol. The lowest BCUT2D eigenvalue weighted by Crippen LogP contribution is -2.46. The van der Waals surface area contributed by atoms with Crippen LogP contribution in [0.15, 0.2) is 72.8 Å². The second-order valence-electron chi connectivity index (χ2n) is 9.59. The summed E-state index contributed by atoms with van der Waals surface area (Å²) in [7, 11) is 0. The molecule has 5 rings (SSSR count). The number of nitrogens with one attached hydrogen (secondary N) is 2. The second-order valence-corrected chi connectivity index (χ2v) is 9.59. The van der Waals surface area contributed by atoms with Crippen LogP contribution in [0.5, 0.6) is 0 Å². The first-order chi connectivity index (χ1) is 17.4. The summed E-state index contributed by atoms with van der Waals surface area (Å²) in [5.41, 5.74) is 4.94. The van der Waals surface area contributed by atoms with Gasteiger partial charge in [0.25, 0.3) is 5.91 Å². The zero-order chi connectivity index (χ0) is 25.2. The molecule has 1 saturated heterocycles. The van der Waals surface area contributed by atoms with Gasteiger partial charge in [-0.1, -0.05) is 59.7 Å². The number of aryl methyl sites for hydroxylation is 2. The van der Waals surface area contributed by atoms with E-state index in [1.54, 1.807) is 30.3 Å². The lowest BCUT2D eigenvalue weighted by molar-refractivity contribution is -0.126. The zero-order valence-corrected chi connectivity index (χ0v) is 20.4. The molecule has 1 aliphatic carbocycles. The van der Waals surface area contributed by atoms with Crippen LogP contribution in [0.25, 0.3) is 0 Å². The van der Waals surface area contributed by atoms with E-state index < -0.39 is 18.2 Å². The second kappa shape index (κ2) is 9.85. The van der Waals surface area contributed by atoms with Crippen molar-refractivity contribution >= 4 is 23.6 Å². The van der Waals surface area contributed by atoms with Crippen molar-refractivity contribution in [2.45, 2.75) is 51.4 Å². The van der Waals surface area contributed by atoms with Gasteiger partial charge in [0.2, 0.25) is 5.91 Å². The summed E-state index contributed by atoms with van der Waals surface area (Å²) in [6, 6.07) is 21.7. The first kappa shape index (κ1) is 23.6. The molecule has 36 heavy (non-hydrogen) atoms. The quantitative estimate of drug-likeness (QED) is 0.501. The fourth-order valence-corrected chi connectivity index (χ4v) is 4.36. The van der Waals surface area contributed by atoms with Crippen molar-refractivity contribution in [1.82, 2.24) is 10.2 Å². The Kier molecular flexibility index (Phi) is 6.46. The van der Waals surface area contributed by atoms with Gasteiger partial charge in [-0.05, 0) is 62.1 Å². The Morgan fingerprint density at radius 1 is 0.944 bits per heavy atom. The number of anilines is 1. The minimum absolute atomic E-state index is 0.161. The number of nitrogens with zero attached hydrogens (tertiary/aromatic N) is 1. The standard InChI is InChI=1S/C29H29N3O4/c1-18-6-8-20(9-7-18)17-32-25(28(34)31-24-14-15-24)26(36-29(32)35)21-10-12-23(13-11-21)30-27(33)22-5-3-4-19(2)16-22/h3-13,16,24-26H,14-15,17H2,1-2H3,(H,30,33)(H,31,34)/t25-,26+/m0/s1. The molecule has 184 valence electrons. The predicted molar refractivity (Wildman–Crippen MR) is 136 cm³/mol. The number of ether oxygens (including phenoxy) is 1. The van der Waals surface area contributed by atoms with Crippen molar-refractivity contribution in [2.75, 3.05) is 5.32 Å². The van der Waals surface area contributed by atoms with E-state index in [0.29, 0.717) is 16.8 Å².